The smallest absolute Gasteiger partial charge is 0.335 e. The van der Waals surface area contributed by atoms with Crippen molar-refractivity contribution in [3.63, 3.8) is 0 Å². The fourth-order valence-corrected chi connectivity index (χ4v) is 1.96. The molecule has 0 unspecified atom stereocenters. The third-order valence-electron chi connectivity index (χ3n) is 3.09. The largest absolute Gasteiger partial charge is 0.478 e. The highest BCUT2D eigenvalue weighted by molar-refractivity contribution is 5.92. The van der Waals surface area contributed by atoms with Gasteiger partial charge in [-0.2, -0.15) is 0 Å². The molecule has 3 rings (SSSR count). The summed E-state index contributed by atoms with van der Waals surface area (Å²) in [7, 11) is 0. The van der Waals surface area contributed by atoms with Crippen molar-refractivity contribution in [2.45, 2.75) is 0 Å². The number of fused-ring (bicyclic) bond motifs is 1. The molecule has 7 heteroatoms. The topological polar surface area (TPSA) is 110 Å². The van der Waals surface area contributed by atoms with Crippen LogP contribution in [-0.4, -0.2) is 32.1 Å². The number of carboxylic acids is 2. The van der Waals surface area contributed by atoms with E-state index in [4.69, 9.17) is 14.9 Å². The average Bonchev–Trinajstić information content (AvgIpc) is 2.54. The number of carbonyl (C=O) groups is 2. The van der Waals surface area contributed by atoms with Crippen molar-refractivity contribution in [3.05, 3.63) is 59.8 Å². The van der Waals surface area contributed by atoms with Crippen molar-refractivity contribution in [1.82, 2.24) is 9.97 Å². The summed E-state index contributed by atoms with van der Waals surface area (Å²) in [6.07, 6.45) is 1.41. The van der Waals surface area contributed by atoms with E-state index in [9.17, 15) is 9.59 Å². The zero-order valence-corrected chi connectivity index (χ0v) is 11.6. The molecule has 114 valence electrons. The zero-order chi connectivity index (χ0) is 16.4. The highest BCUT2D eigenvalue weighted by Crippen LogP contribution is 2.22. The lowest BCUT2D eigenvalue weighted by Gasteiger charge is -2.06. The number of aromatic carboxylic acids is 2. The van der Waals surface area contributed by atoms with Gasteiger partial charge >= 0.3 is 11.9 Å². The zero-order valence-electron chi connectivity index (χ0n) is 11.6. The number of rotatable bonds is 4. The summed E-state index contributed by atoms with van der Waals surface area (Å²) >= 11 is 0. The summed E-state index contributed by atoms with van der Waals surface area (Å²) in [4.78, 5) is 30.1. The molecule has 1 heterocycles. The van der Waals surface area contributed by atoms with Crippen LogP contribution in [0.3, 0.4) is 0 Å². The summed E-state index contributed by atoms with van der Waals surface area (Å²) in [5.41, 5.74) is 1.19. The molecule has 2 aromatic carbocycles. The van der Waals surface area contributed by atoms with E-state index in [0.29, 0.717) is 16.8 Å². The van der Waals surface area contributed by atoms with E-state index in [1.807, 2.05) is 0 Å². The third kappa shape index (κ3) is 3.08. The molecule has 0 aliphatic heterocycles. The average molecular weight is 310 g/mol. The van der Waals surface area contributed by atoms with Crippen LogP contribution in [0.25, 0.3) is 11.0 Å². The van der Waals surface area contributed by atoms with Gasteiger partial charge in [0.05, 0.1) is 28.4 Å². The van der Waals surface area contributed by atoms with Crippen molar-refractivity contribution >= 4 is 23.0 Å². The number of carboxylic acid groups (broad SMARTS) is 2. The van der Waals surface area contributed by atoms with Crippen LogP contribution in [0.2, 0.25) is 0 Å². The van der Waals surface area contributed by atoms with Gasteiger partial charge in [-0.05, 0) is 42.5 Å². The Morgan fingerprint density at radius 1 is 0.870 bits per heavy atom. The summed E-state index contributed by atoms with van der Waals surface area (Å²) in [5, 5.41) is 17.8. The molecule has 0 amide bonds. The van der Waals surface area contributed by atoms with Crippen LogP contribution < -0.4 is 4.74 Å². The molecule has 23 heavy (non-hydrogen) atoms. The van der Waals surface area contributed by atoms with Gasteiger partial charge in [-0.1, -0.05) is 0 Å². The standard InChI is InChI=1S/C16H10N2O5/c19-15(20)9-1-4-11(5-2-9)23-14-8-17-12-6-3-10(16(21)22)7-13(12)18-14/h1-8H,(H,19,20)(H,21,22). The Morgan fingerprint density at radius 2 is 1.52 bits per heavy atom. The first-order valence-corrected chi connectivity index (χ1v) is 6.54. The Kier molecular flexibility index (Phi) is 3.60. The van der Waals surface area contributed by atoms with E-state index in [2.05, 4.69) is 9.97 Å². The first kappa shape index (κ1) is 14.5. The fraction of sp³-hybridized carbons (Fsp3) is 0. The summed E-state index contributed by atoms with van der Waals surface area (Å²) in [5.74, 6) is -1.49. The molecule has 0 aliphatic rings. The van der Waals surface area contributed by atoms with Gasteiger partial charge in [0.1, 0.15) is 5.75 Å². The van der Waals surface area contributed by atoms with Crippen molar-refractivity contribution < 1.29 is 24.5 Å². The maximum Gasteiger partial charge on any atom is 0.335 e. The highest BCUT2D eigenvalue weighted by atomic mass is 16.5. The molecule has 3 aromatic rings. The summed E-state index contributed by atoms with van der Waals surface area (Å²) in [6.45, 7) is 0. The molecule has 0 atom stereocenters. The number of nitrogens with zero attached hydrogens (tertiary/aromatic N) is 2. The van der Waals surface area contributed by atoms with Gasteiger partial charge in [-0.25, -0.2) is 19.6 Å². The lowest BCUT2D eigenvalue weighted by atomic mass is 10.2. The fourth-order valence-electron chi connectivity index (χ4n) is 1.96. The van der Waals surface area contributed by atoms with Gasteiger partial charge in [0.25, 0.3) is 0 Å². The van der Waals surface area contributed by atoms with Gasteiger partial charge in [-0.3, -0.25) is 0 Å². The second-order valence-electron chi connectivity index (χ2n) is 4.65. The van der Waals surface area contributed by atoms with Crippen LogP contribution in [0.5, 0.6) is 11.6 Å². The number of benzene rings is 2. The van der Waals surface area contributed by atoms with Gasteiger partial charge in [0.2, 0.25) is 5.88 Å². The number of ether oxygens (including phenoxy) is 1. The molecule has 1 aromatic heterocycles. The predicted octanol–water partition coefficient (Wildman–Crippen LogP) is 2.82. The Bertz CT molecular complexity index is 906. The summed E-state index contributed by atoms with van der Waals surface area (Å²) < 4.78 is 5.51. The van der Waals surface area contributed by atoms with Crippen molar-refractivity contribution in [2.75, 3.05) is 0 Å². The van der Waals surface area contributed by atoms with Crippen LogP contribution in [0.1, 0.15) is 20.7 Å². The van der Waals surface area contributed by atoms with Gasteiger partial charge in [0, 0.05) is 0 Å². The van der Waals surface area contributed by atoms with E-state index < -0.39 is 11.9 Å². The molecule has 0 bridgehead atoms. The van der Waals surface area contributed by atoms with Gasteiger partial charge in [-0.15, -0.1) is 0 Å². The number of aromatic nitrogens is 2. The first-order chi connectivity index (χ1) is 11.0. The Hall–Kier alpha value is -3.48. The lowest BCUT2D eigenvalue weighted by Crippen LogP contribution is -1.98. The molecule has 2 N–H and O–H groups in total. The number of hydrogen-bond donors (Lipinski definition) is 2. The molecular weight excluding hydrogens is 300 g/mol. The molecule has 0 saturated carbocycles. The van der Waals surface area contributed by atoms with Crippen LogP contribution in [0, 0.1) is 0 Å². The molecule has 0 fully saturated rings. The normalized spacial score (nSPS) is 10.4. The molecular formula is C16H10N2O5. The lowest BCUT2D eigenvalue weighted by molar-refractivity contribution is 0.0686. The van der Waals surface area contributed by atoms with E-state index in [-0.39, 0.29) is 17.0 Å². The van der Waals surface area contributed by atoms with Gasteiger partial charge < -0.3 is 14.9 Å². The molecule has 7 nitrogen and oxygen atoms in total. The van der Waals surface area contributed by atoms with E-state index in [1.165, 1.54) is 42.6 Å². The maximum absolute atomic E-state index is 11.0. The maximum atomic E-state index is 11.0. The van der Waals surface area contributed by atoms with Gasteiger partial charge in [0.15, 0.2) is 0 Å². The third-order valence-corrected chi connectivity index (χ3v) is 3.09. The van der Waals surface area contributed by atoms with Crippen molar-refractivity contribution in [2.24, 2.45) is 0 Å². The van der Waals surface area contributed by atoms with Crippen molar-refractivity contribution in [1.29, 1.82) is 0 Å². The SMILES string of the molecule is O=C(O)c1ccc(Oc2cnc3ccc(C(=O)O)cc3n2)cc1. The second kappa shape index (κ2) is 5.72. The Balaban J connectivity index is 1.90. The van der Waals surface area contributed by atoms with Crippen LogP contribution in [-0.2, 0) is 0 Å². The monoisotopic (exact) mass is 310 g/mol. The van der Waals surface area contributed by atoms with E-state index in [0.717, 1.165) is 0 Å². The van der Waals surface area contributed by atoms with Crippen molar-refractivity contribution in [3.8, 4) is 11.6 Å². The van der Waals surface area contributed by atoms with E-state index in [1.54, 1.807) is 6.07 Å². The predicted molar refractivity (Wildman–Crippen MR) is 80.0 cm³/mol. The first-order valence-electron chi connectivity index (χ1n) is 6.54. The van der Waals surface area contributed by atoms with E-state index >= 15 is 0 Å². The summed E-state index contributed by atoms with van der Waals surface area (Å²) in [6, 6.07) is 10.3. The van der Waals surface area contributed by atoms with Crippen LogP contribution >= 0.6 is 0 Å². The van der Waals surface area contributed by atoms with Crippen LogP contribution in [0.15, 0.2) is 48.7 Å². The quantitative estimate of drug-likeness (QED) is 0.762. The second-order valence-corrected chi connectivity index (χ2v) is 4.65. The number of hydrogen-bond acceptors (Lipinski definition) is 5. The molecule has 0 spiro atoms. The Morgan fingerprint density at radius 3 is 2.17 bits per heavy atom. The Labute approximate surface area is 129 Å². The minimum atomic E-state index is -1.05. The van der Waals surface area contributed by atoms with Crippen LogP contribution in [0.4, 0.5) is 0 Å². The minimum Gasteiger partial charge on any atom is -0.478 e. The minimum absolute atomic E-state index is 0.106. The highest BCUT2D eigenvalue weighted by Gasteiger charge is 2.08. The molecule has 0 aliphatic carbocycles. The molecule has 0 radical (unpaired) electrons. The molecule has 0 saturated heterocycles.